The van der Waals surface area contributed by atoms with Gasteiger partial charge in [0, 0.05) is 11.3 Å². The minimum atomic E-state index is 0.427. The van der Waals surface area contributed by atoms with Crippen molar-refractivity contribution in [3.8, 4) is 11.3 Å². The maximum absolute atomic E-state index is 10.4. The number of nitroso groups, excluding NO2 is 1. The SMILES string of the molecule is Cc1cccc(-c2cccc(N=O)c2)n1. The van der Waals surface area contributed by atoms with Crippen molar-refractivity contribution in [2.24, 2.45) is 5.18 Å². The predicted octanol–water partition coefficient (Wildman–Crippen LogP) is 3.45. The van der Waals surface area contributed by atoms with Crippen LogP contribution in [0.5, 0.6) is 0 Å². The van der Waals surface area contributed by atoms with Gasteiger partial charge in [-0.05, 0) is 36.4 Å². The summed E-state index contributed by atoms with van der Waals surface area (Å²) in [7, 11) is 0. The molecule has 2 rings (SSSR count). The minimum absolute atomic E-state index is 0.427. The van der Waals surface area contributed by atoms with E-state index in [0.29, 0.717) is 5.69 Å². The van der Waals surface area contributed by atoms with Crippen LogP contribution in [-0.2, 0) is 0 Å². The Labute approximate surface area is 87.8 Å². The monoisotopic (exact) mass is 198 g/mol. The van der Waals surface area contributed by atoms with Crippen LogP contribution in [0.15, 0.2) is 47.6 Å². The summed E-state index contributed by atoms with van der Waals surface area (Å²) in [6.45, 7) is 1.94. The molecule has 3 nitrogen and oxygen atoms in total. The highest BCUT2D eigenvalue weighted by Crippen LogP contribution is 2.22. The van der Waals surface area contributed by atoms with E-state index in [0.717, 1.165) is 17.0 Å². The van der Waals surface area contributed by atoms with Gasteiger partial charge in [0.2, 0.25) is 0 Å². The Morgan fingerprint density at radius 1 is 1.13 bits per heavy atom. The summed E-state index contributed by atoms with van der Waals surface area (Å²) in [5.74, 6) is 0. The van der Waals surface area contributed by atoms with E-state index in [9.17, 15) is 4.91 Å². The van der Waals surface area contributed by atoms with Crippen LogP contribution in [0.1, 0.15) is 5.69 Å². The average molecular weight is 198 g/mol. The van der Waals surface area contributed by atoms with Crippen LogP contribution in [-0.4, -0.2) is 4.98 Å². The molecule has 15 heavy (non-hydrogen) atoms. The van der Waals surface area contributed by atoms with E-state index in [1.54, 1.807) is 18.2 Å². The Balaban J connectivity index is 2.49. The second-order valence-corrected chi connectivity index (χ2v) is 3.31. The van der Waals surface area contributed by atoms with Gasteiger partial charge in [-0.2, -0.15) is 0 Å². The first-order chi connectivity index (χ1) is 7.29. The van der Waals surface area contributed by atoms with Crippen LogP contribution in [0.25, 0.3) is 11.3 Å². The molecule has 0 aliphatic carbocycles. The molecular formula is C12H10N2O. The van der Waals surface area contributed by atoms with Gasteiger partial charge in [-0.25, -0.2) is 0 Å². The van der Waals surface area contributed by atoms with Crippen molar-refractivity contribution in [3.05, 3.63) is 53.1 Å². The maximum Gasteiger partial charge on any atom is 0.108 e. The number of rotatable bonds is 2. The molecular weight excluding hydrogens is 188 g/mol. The number of aromatic nitrogens is 1. The van der Waals surface area contributed by atoms with Gasteiger partial charge in [0.05, 0.1) is 5.69 Å². The smallest absolute Gasteiger partial charge is 0.108 e. The molecule has 3 heteroatoms. The van der Waals surface area contributed by atoms with Crippen molar-refractivity contribution in [2.75, 3.05) is 0 Å². The van der Waals surface area contributed by atoms with E-state index >= 15 is 0 Å². The zero-order valence-electron chi connectivity index (χ0n) is 8.34. The Bertz CT molecular complexity index is 494. The van der Waals surface area contributed by atoms with Crippen molar-refractivity contribution in [1.82, 2.24) is 4.98 Å². The van der Waals surface area contributed by atoms with Gasteiger partial charge in [-0.15, -0.1) is 4.91 Å². The fourth-order valence-corrected chi connectivity index (χ4v) is 1.43. The van der Waals surface area contributed by atoms with Crippen LogP contribution in [0.2, 0.25) is 0 Å². The summed E-state index contributed by atoms with van der Waals surface area (Å²) in [6.07, 6.45) is 0. The molecule has 0 spiro atoms. The Morgan fingerprint density at radius 2 is 1.93 bits per heavy atom. The molecule has 0 saturated heterocycles. The molecule has 0 bridgehead atoms. The number of benzene rings is 1. The highest BCUT2D eigenvalue weighted by atomic mass is 16.3. The van der Waals surface area contributed by atoms with Gasteiger partial charge in [0.15, 0.2) is 0 Å². The molecule has 1 aromatic carbocycles. The lowest BCUT2D eigenvalue weighted by molar-refractivity contribution is 1.20. The van der Waals surface area contributed by atoms with E-state index in [2.05, 4.69) is 10.2 Å². The van der Waals surface area contributed by atoms with E-state index in [1.807, 2.05) is 31.2 Å². The van der Waals surface area contributed by atoms with Crippen LogP contribution in [0, 0.1) is 11.8 Å². The molecule has 1 heterocycles. The van der Waals surface area contributed by atoms with E-state index in [1.165, 1.54) is 0 Å². The van der Waals surface area contributed by atoms with E-state index in [-0.39, 0.29) is 0 Å². The summed E-state index contributed by atoms with van der Waals surface area (Å²) in [5, 5.41) is 2.90. The molecule has 0 saturated carbocycles. The lowest BCUT2D eigenvalue weighted by Crippen LogP contribution is -1.85. The number of nitrogens with zero attached hydrogens (tertiary/aromatic N) is 2. The van der Waals surface area contributed by atoms with Gasteiger partial charge in [0.1, 0.15) is 5.69 Å². The quantitative estimate of drug-likeness (QED) is 0.693. The van der Waals surface area contributed by atoms with Gasteiger partial charge >= 0.3 is 0 Å². The van der Waals surface area contributed by atoms with Crippen molar-refractivity contribution in [3.63, 3.8) is 0 Å². The van der Waals surface area contributed by atoms with Gasteiger partial charge in [0.25, 0.3) is 0 Å². The van der Waals surface area contributed by atoms with Gasteiger partial charge in [-0.3, -0.25) is 4.98 Å². The molecule has 0 atom stereocenters. The molecule has 0 aliphatic rings. The second-order valence-electron chi connectivity index (χ2n) is 3.31. The molecule has 2 aromatic rings. The van der Waals surface area contributed by atoms with Crippen molar-refractivity contribution in [2.45, 2.75) is 6.92 Å². The zero-order chi connectivity index (χ0) is 10.7. The number of hydrogen-bond donors (Lipinski definition) is 0. The first-order valence-electron chi connectivity index (χ1n) is 4.67. The van der Waals surface area contributed by atoms with Crippen LogP contribution >= 0.6 is 0 Å². The van der Waals surface area contributed by atoms with E-state index < -0.39 is 0 Å². The van der Waals surface area contributed by atoms with Crippen molar-refractivity contribution in [1.29, 1.82) is 0 Å². The molecule has 0 aliphatic heterocycles. The largest absolute Gasteiger partial charge is 0.253 e. The minimum Gasteiger partial charge on any atom is -0.253 e. The fraction of sp³-hybridized carbons (Fsp3) is 0.0833. The summed E-state index contributed by atoms with van der Waals surface area (Å²) >= 11 is 0. The lowest BCUT2D eigenvalue weighted by Gasteiger charge is -2.01. The van der Waals surface area contributed by atoms with Crippen LogP contribution in [0.4, 0.5) is 5.69 Å². The molecule has 0 radical (unpaired) electrons. The highest BCUT2D eigenvalue weighted by Gasteiger charge is 2.00. The molecule has 1 aromatic heterocycles. The summed E-state index contributed by atoms with van der Waals surface area (Å²) in [4.78, 5) is 14.8. The van der Waals surface area contributed by atoms with Gasteiger partial charge in [-0.1, -0.05) is 18.2 Å². The Hall–Kier alpha value is -2.03. The fourth-order valence-electron chi connectivity index (χ4n) is 1.43. The van der Waals surface area contributed by atoms with E-state index in [4.69, 9.17) is 0 Å². The first-order valence-corrected chi connectivity index (χ1v) is 4.67. The summed E-state index contributed by atoms with van der Waals surface area (Å²) < 4.78 is 0. The summed E-state index contributed by atoms with van der Waals surface area (Å²) in [6, 6.07) is 12.9. The second kappa shape index (κ2) is 4.00. The highest BCUT2D eigenvalue weighted by molar-refractivity contribution is 5.63. The topological polar surface area (TPSA) is 42.3 Å². The molecule has 74 valence electrons. The third-order valence-electron chi connectivity index (χ3n) is 2.14. The standard InChI is InChI=1S/C12H10N2O/c1-9-4-2-7-12(13-9)10-5-3-6-11(8-10)14-15/h2-8H,1H3. The Kier molecular flexibility index (Phi) is 2.54. The van der Waals surface area contributed by atoms with Crippen molar-refractivity contribution < 1.29 is 0 Å². The van der Waals surface area contributed by atoms with Crippen LogP contribution in [0.3, 0.4) is 0 Å². The normalized spacial score (nSPS) is 9.93. The molecule has 0 fully saturated rings. The average Bonchev–Trinajstić information content (AvgIpc) is 2.29. The zero-order valence-corrected chi connectivity index (χ0v) is 8.34. The molecule has 0 amide bonds. The molecule has 0 N–H and O–H groups in total. The van der Waals surface area contributed by atoms with Crippen molar-refractivity contribution >= 4 is 5.69 Å². The predicted molar refractivity (Wildman–Crippen MR) is 59.9 cm³/mol. The third kappa shape index (κ3) is 2.07. The number of pyridine rings is 1. The van der Waals surface area contributed by atoms with Gasteiger partial charge < -0.3 is 0 Å². The lowest BCUT2D eigenvalue weighted by atomic mass is 10.1. The Morgan fingerprint density at radius 3 is 2.67 bits per heavy atom. The molecule has 0 unspecified atom stereocenters. The first kappa shape index (κ1) is 9.52. The number of aryl methyl sites for hydroxylation is 1. The third-order valence-corrected chi connectivity index (χ3v) is 2.14. The summed E-state index contributed by atoms with van der Waals surface area (Å²) in [5.41, 5.74) is 3.16. The maximum atomic E-state index is 10.4. The van der Waals surface area contributed by atoms with Crippen LogP contribution < -0.4 is 0 Å². The number of hydrogen-bond acceptors (Lipinski definition) is 3.